The number of thiophene rings is 1. The number of aromatic carboxylic acids is 1. The van der Waals surface area contributed by atoms with Crippen molar-refractivity contribution in [3.63, 3.8) is 0 Å². The number of carbonyl (C=O) groups is 1. The average molecular weight is 380 g/mol. The summed E-state index contributed by atoms with van der Waals surface area (Å²) in [7, 11) is 0. The Labute approximate surface area is 158 Å². The summed E-state index contributed by atoms with van der Waals surface area (Å²) in [6.45, 7) is 4.21. The molecule has 0 saturated carbocycles. The van der Waals surface area contributed by atoms with Gasteiger partial charge >= 0.3 is 5.97 Å². The highest BCUT2D eigenvalue weighted by molar-refractivity contribution is 7.17. The van der Waals surface area contributed by atoms with Crippen LogP contribution in [-0.2, 0) is 6.54 Å². The molecule has 4 aromatic rings. The Bertz CT molecular complexity index is 1230. The summed E-state index contributed by atoms with van der Waals surface area (Å²) in [5, 5.41) is 11.5. The minimum absolute atomic E-state index is 0.122. The molecule has 0 fully saturated rings. The summed E-state index contributed by atoms with van der Waals surface area (Å²) < 4.78 is 6.69. The van der Waals surface area contributed by atoms with E-state index in [1.54, 1.807) is 6.07 Å². The lowest BCUT2D eigenvalue weighted by atomic mass is 10.0. The molecule has 0 amide bonds. The molecule has 0 saturated heterocycles. The number of benzene rings is 1. The van der Waals surface area contributed by atoms with Gasteiger partial charge in [0.1, 0.15) is 10.6 Å². The second-order valence-electron chi connectivity index (χ2n) is 6.38. The molecule has 1 N–H and O–H groups in total. The van der Waals surface area contributed by atoms with Gasteiger partial charge in [0, 0.05) is 10.9 Å². The van der Waals surface area contributed by atoms with Crippen LogP contribution in [0.5, 0.6) is 0 Å². The van der Waals surface area contributed by atoms with Crippen molar-refractivity contribution in [1.29, 1.82) is 0 Å². The van der Waals surface area contributed by atoms with Gasteiger partial charge in [-0.1, -0.05) is 18.2 Å². The summed E-state index contributed by atoms with van der Waals surface area (Å²) in [6, 6.07) is 9.04. The van der Waals surface area contributed by atoms with Crippen LogP contribution in [-0.4, -0.2) is 20.6 Å². The lowest BCUT2D eigenvalue weighted by Gasteiger charge is -2.06. The zero-order chi connectivity index (χ0) is 19.1. The number of nitrogens with zero attached hydrogens (tertiary/aromatic N) is 2. The summed E-state index contributed by atoms with van der Waals surface area (Å²) >= 11 is 1.43. The van der Waals surface area contributed by atoms with Gasteiger partial charge in [0.15, 0.2) is 0 Å². The van der Waals surface area contributed by atoms with Crippen molar-refractivity contribution >= 4 is 27.5 Å². The molecule has 0 aliphatic heterocycles. The van der Waals surface area contributed by atoms with Gasteiger partial charge in [0.25, 0.3) is 5.56 Å². The first-order valence-corrected chi connectivity index (χ1v) is 9.18. The van der Waals surface area contributed by atoms with E-state index in [-0.39, 0.29) is 17.9 Å². The van der Waals surface area contributed by atoms with Crippen LogP contribution in [0.15, 0.2) is 51.3 Å². The molecule has 136 valence electrons. The smallest absolute Gasteiger partial charge is 0.371 e. The van der Waals surface area contributed by atoms with Gasteiger partial charge in [0.05, 0.1) is 18.3 Å². The first-order valence-electron chi connectivity index (χ1n) is 8.30. The van der Waals surface area contributed by atoms with Crippen LogP contribution >= 0.6 is 11.3 Å². The standard InChI is InChI=1S/C20H16N2O4S/c1-11-3-4-13(7-12(11)2)15-9-27-18-17(15)19(23)22(10-21-18)8-14-5-6-16(26-14)20(24)25/h3-7,9-10H,8H2,1-2H3,(H,24,25). The fourth-order valence-corrected chi connectivity index (χ4v) is 3.85. The highest BCUT2D eigenvalue weighted by Crippen LogP contribution is 2.31. The average Bonchev–Trinajstić information content (AvgIpc) is 3.27. The summed E-state index contributed by atoms with van der Waals surface area (Å²) in [5.74, 6) is -0.908. The maximum absolute atomic E-state index is 13.1. The number of hydrogen-bond donors (Lipinski definition) is 1. The quantitative estimate of drug-likeness (QED) is 0.576. The van der Waals surface area contributed by atoms with Gasteiger partial charge in [-0.25, -0.2) is 9.78 Å². The molecule has 4 rings (SSSR count). The lowest BCUT2D eigenvalue weighted by Crippen LogP contribution is -2.20. The van der Waals surface area contributed by atoms with Crippen LogP contribution in [0.25, 0.3) is 21.3 Å². The van der Waals surface area contributed by atoms with E-state index in [2.05, 4.69) is 11.1 Å². The number of furan rings is 1. The minimum atomic E-state index is -1.14. The summed E-state index contributed by atoms with van der Waals surface area (Å²) in [4.78, 5) is 29.1. The molecule has 0 aliphatic rings. The molecule has 0 atom stereocenters. The first-order chi connectivity index (χ1) is 12.9. The van der Waals surface area contributed by atoms with Crippen molar-refractivity contribution in [2.75, 3.05) is 0 Å². The third-order valence-electron chi connectivity index (χ3n) is 4.58. The minimum Gasteiger partial charge on any atom is -0.475 e. The maximum Gasteiger partial charge on any atom is 0.371 e. The highest BCUT2D eigenvalue weighted by atomic mass is 32.1. The van der Waals surface area contributed by atoms with Crippen molar-refractivity contribution in [3.05, 3.63) is 75.0 Å². The molecule has 7 heteroatoms. The van der Waals surface area contributed by atoms with E-state index in [9.17, 15) is 9.59 Å². The van der Waals surface area contributed by atoms with Crippen LogP contribution < -0.4 is 5.56 Å². The third kappa shape index (κ3) is 3.06. The lowest BCUT2D eigenvalue weighted by molar-refractivity contribution is 0.0660. The van der Waals surface area contributed by atoms with Crippen molar-refractivity contribution < 1.29 is 14.3 Å². The Morgan fingerprint density at radius 2 is 2.04 bits per heavy atom. The van der Waals surface area contributed by atoms with E-state index in [4.69, 9.17) is 9.52 Å². The van der Waals surface area contributed by atoms with Gasteiger partial charge < -0.3 is 9.52 Å². The molecule has 0 spiro atoms. The second kappa shape index (κ2) is 6.51. The van der Waals surface area contributed by atoms with Gasteiger partial charge in [-0.2, -0.15) is 0 Å². The number of aryl methyl sites for hydroxylation is 2. The molecule has 0 aliphatic carbocycles. The second-order valence-corrected chi connectivity index (χ2v) is 7.24. The van der Waals surface area contributed by atoms with Gasteiger partial charge in [0.2, 0.25) is 5.76 Å². The number of carboxylic acids is 1. The molecular weight excluding hydrogens is 364 g/mol. The largest absolute Gasteiger partial charge is 0.475 e. The number of hydrogen-bond acceptors (Lipinski definition) is 5. The van der Waals surface area contributed by atoms with Crippen LogP contribution in [0.1, 0.15) is 27.4 Å². The monoisotopic (exact) mass is 380 g/mol. The predicted molar refractivity (Wildman–Crippen MR) is 104 cm³/mol. The Morgan fingerprint density at radius 3 is 2.74 bits per heavy atom. The van der Waals surface area contributed by atoms with E-state index in [0.717, 1.165) is 16.7 Å². The molecule has 0 radical (unpaired) electrons. The van der Waals surface area contributed by atoms with Crippen molar-refractivity contribution in [3.8, 4) is 11.1 Å². The zero-order valence-electron chi connectivity index (χ0n) is 14.7. The number of fused-ring (bicyclic) bond motifs is 1. The topological polar surface area (TPSA) is 85.3 Å². The molecule has 0 bridgehead atoms. The molecule has 0 unspecified atom stereocenters. The first kappa shape index (κ1) is 17.2. The van der Waals surface area contributed by atoms with E-state index in [1.165, 1.54) is 33.9 Å². The Kier molecular flexibility index (Phi) is 4.16. The van der Waals surface area contributed by atoms with Crippen LogP contribution in [0, 0.1) is 13.8 Å². The van der Waals surface area contributed by atoms with Gasteiger partial charge in [-0.05, 0) is 42.7 Å². The molecule has 3 aromatic heterocycles. The number of aromatic nitrogens is 2. The fourth-order valence-electron chi connectivity index (χ4n) is 2.95. The zero-order valence-corrected chi connectivity index (χ0v) is 15.5. The number of carboxylic acid groups (broad SMARTS) is 1. The SMILES string of the molecule is Cc1ccc(-c2csc3ncn(Cc4ccc(C(=O)O)o4)c(=O)c23)cc1C. The molecule has 3 heterocycles. The molecule has 27 heavy (non-hydrogen) atoms. The van der Waals surface area contributed by atoms with Crippen LogP contribution in [0.4, 0.5) is 0 Å². The molecule has 6 nitrogen and oxygen atoms in total. The van der Waals surface area contributed by atoms with Crippen LogP contribution in [0.3, 0.4) is 0 Å². The maximum atomic E-state index is 13.1. The van der Waals surface area contributed by atoms with E-state index in [1.807, 2.05) is 31.4 Å². The van der Waals surface area contributed by atoms with E-state index in [0.29, 0.717) is 16.0 Å². The molecule has 1 aromatic carbocycles. The normalized spacial score (nSPS) is 11.2. The predicted octanol–water partition coefficient (Wildman–Crippen LogP) is 4.08. The highest BCUT2D eigenvalue weighted by Gasteiger charge is 2.15. The van der Waals surface area contributed by atoms with Crippen LogP contribution in [0.2, 0.25) is 0 Å². The van der Waals surface area contributed by atoms with Crippen molar-refractivity contribution in [1.82, 2.24) is 9.55 Å². The van der Waals surface area contributed by atoms with Gasteiger partial charge in [-0.3, -0.25) is 9.36 Å². The molecular formula is C20H16N2O4S. The fraction of sp³-hybridized carbons (Fsp3) is 0.150. The number of rotatable bonds is 4. The summed E-state index contributed by atoms with van der Waals surface area (Å²) in [5.41, 5.74) is 4.01. The summed E-state index contributed by atoms with van der Waals surface area (Å²) in [6.07, 6.45) is 1.47. The Morgan fingerprint density at radius 1 is 1.22 bits per heavy atom. The third-order valence-corrected chi connectivity index (χ3v) is 5.46. The van der Waals surface area contributed by atoms with Crippen molar-refractivity contribution in [2.45, 2.75) is 20.4 Å². The van der Waals surface area contributed by atoms with E-state index >= 15 is 0 Å². The van der Waals surface area contributed by atoms with Crippen molar-refractivity contribution in [2.24, 2.45) is 0 Å². The van der Waals surface area contributed by atoms with Gasteiger partial charge in [-0.15, -0.1) is 11.3 Å². The Hall–Kier alpha value is -3.19. The van der Waals surface area contributed by atoms with E-state index < -0.39 is 5.97 Å². The Balaban J connectivity index is 1.80.